The monoisotopic (exact) mass is 1090 g/mol. The highest BCUT2D eigenvalue weighted by molar-refractivity contribution is 8.14. The summed E-state index contributed by atoms with van der Waals surface area (Å²) in [7, 11) is -1.12. The zero-order valence-corrected chi connectivity index (χ0v) is 40.4. The summed E-state index contributed by atoms with van der Waals surface area (Å²) >= 11 is 1.18. The van der Waals surface area contributed by atoms with Gasteiger partial charge < -0.3 is 9.47 Å². The predicted octanol–water partition coefficient (Wildman–Crippen LogP) is 10.8. The molecule has 5 aromatic carbocycles. The number of fused-ring (bicyclic) bond motifs is 2. The van der Waals surface area contributed by atoms with Gasteiger partial charge in [-0.05, 0) is 116 Å². The number of anilines is 3. The number of benzene rings is 5. The molecule has 0 aliphatic heterocycles. The van der Waals surface area contributed by atoms with Crippen LogP contribution in [0.25, 0.3) is 21.8 Å². The summed E-state index contributed by atoms with van der Waals surface area (Å²) in [5.74, 6) is 0.265. The van der Waals surface area contributed by atoms with Crippen molar-refractivity contribution in [3.05, 3.63) is 156 Å². The topological polar surface area (TPSA) is 259 Å². The summed E-state index contributed by atoms with van der Waals surface area (Å²) in [6, 6.07) is 27.8. The number of para-hydroxylation sites is 2. The Hall–Kier alpha value is -7.51. The van der Waals surface area contributed by atoms with Crippen molar-refractivity contribution < 1.29 is 62.3 Å². The molecule has 0 atom stereocenters. The third kappa shape index (κ3) is 14.5. The van der Waals surface area contributed by atoms with E-state index >= 15 is 0 Å². The maximum absolute atomic E-state index is 13.1. The van der Waals surface area contributed by atoms with Crippen LogP contribution in [0.3, 0.4) is 0 Å². The number of hydrogen-bond donors (Lipinski definition) is 3. The molecule has 0 unspecified atom stereocenters. The number of alkyl halides is 3. The second kappa shape index (κ2) is 22.5. The average molecular weight is 1090 g/mol. The van der Waals surface area contributed by atoms with Crippen LogP contribution in [0.5, 0.6) is 11.5 Å². The van der Waals surface area contributed by atoms with Crippen molar-refractivity contribution in [2.24, 2.45) is 4.99 Å². The van der Waals surface area contributed by atoms with Gasteiger partial charge in [0.15, 0.2) is 5.13 Å². The first-order chi connectivity index (χ1) is 33.5. The summed E-state index contributed by atoms with van der Waals surface area (Å²) in [6.07, 6.45) is -0.770. The van der Waals surface area contributed by atoms with E-state index in [2.05, 4.69) is 35.3 Å². The van der Waals surface area contributed by atoms with Crippen molar-refractivity contribution in [2.45, 2.75) is 27.8 Å². The Labute approximate surface area is 414 Å². The van der Waals surface area contributed by atoms with Gasteiger partial charge in [-0.25, -0.2) is 44.6 Å². The molecular weight excluding hydrogens is 1060 g/mol. The lowest BCUT2D eigenvalue weighted by Gasteiger charge is -2.12. The van der Waals surface area contributed by atoms with E-state index in [1.165, 1.54) is 115 Å². The van der Waals surface area contributed by atoms with Crippen molar-refractivity contribution in [3.8, 4) is 11.5 Å². The van der Waals surface area contributed by atoms with E-state index in [0.717, 1.165) is 28.7 Å². The van der Waals surface area contributed by atoms with Crippen LogP contribution in [0, 0.1) is 6.92 Å². The molecule has 0 fully saturated rings. The van der Waals surface area contributed by atoms with Gasteiger partial charge in [0.1, 0.15) is 11.5 Å². The molecule has 18 nitrogen and oxygen atoms in total. The molecule has 2 amide bonds. The van der Waals surface area contributed by atoms with Gasteiger partial charge in [0, 0.05) is 67.5 Å². The van der Waals surface area contributed by atoms with Gasteiger partial charge in [-0.1, -0.05) is 18.2 Å². The zero-order chi connectivity index (χ0) is 51.6. The number of rotatable bonds is 10. The minimum Gasteiger partial charge on any atom is -0.409 e. The van der Waals surface area contributed by atoms with Crippen molar-refractivity contribution >= 4 is 123 Å². The Morgan fingerprint density at radius 1 is 0.634 bits per heavy atom. The highest BCUT2D eigenvalue weighted by Gasteiger charge is 2.33. The minimum atomic E-state index is -4.61. The number of carbonyl (C=O) groups is 2. The third-order valence-electron chi connectivity index (χ3n) is 9.11. The second-order valence-corrected chi connectivity index (χ2v) is 21.6. The van der Waals surface area contributed by atoms with Crippen molar-refractivity contribution in [3.63, 3.8) is 0 Å². The first kappa shape index (κ1) is 52.9. The summed E-state index contributed by atoms with van der Waals surface area (Å²) in [6.45, 7) is 1.93. The summed E-state index contributed by atoms with van der Waals surface area (Å²) in [5.41, 5.74) is 1.35. The molecule has 71 heavy (non-hydrogen) atoms. The predicted molar refractivity (Wildman–Crippen MR) is 259 cm³/mol. The lowest BCUT2D eigenvalue weighted by Crippen LogP contribution is -2.17. The molecule has 366 valence electrons. The number of carbonyl (C=O) groups excluding carboxylic acids is 3. The average Bonchev–Trinajstić information content (AvgIpc) is 3.82. The summed E-state index contributed by atoms with van der Waals surface area (Å²) in [4.78, 5) is 49.3. The quantitative estimate of drug-likeness (QED) is 0.0654. The van der Waals surface area contributed by atoms with Gasteiger partial charge in [0.25, 0.3) is 28.1 Å². The van der Waals surface area contributed by atoms with Crippen molar-refractivity contribution in [1.29, 1.82) is 0 Å². The maximum atomic E-state index is 13.1. The Morgan fingerprint density at radius 3 is 1.59 bits per heavy atom. The van der Waals surface area contributed by atoms with E-state index < -0.39 is 52.1 Å². The van der Waals surface area contributed by atoms with Crippen LogP contribution in [0.15, 0.2) is 165 Å². The molecule has 0 saturated carbocycles. The van der Waals surface area contributed by atoms with Crippen LogP contribution in [0.4, 0.5) is 45.0 Å². The number of aromatic nitrogens is 3. The molecule has 3 N–H and O–H groups in total. The fourth-order valence-corrected chi connectivity index (χ4v) is 9.27. The molecule has 27 heteroatoms. The fourth-order valence-electron chi connectivity index (χ4n) is 5.94. The Kier molecular flexibility index (Phi) is 16.7. The highest BCUT2D eigenvalue weighted by Crippen LogP contribution is 2.36. The molecule has 0 saturated heterocycles. The van der Waals surface area contributed by atoms with Crippen LogP contribution < -0.4 is 24.8 Å². The SMILES string of the molecule is Cc1cccc2c(OC(=O)Nc3ccc(S(=O)(=O)Nc4nccs4)cc3)ccnc12.O=C(Nc1ccc(S(=O)(=O)Cl)cc1)Oc1ccnc2c(C(F)(F)F)cccc12.O=C=Nc1ccc(S(=O)(=O)Cl)cc1. The normalized spacial score (nSPS) is 11.4. The van der Waals surface area contributed by atoms with Crippen LogP contribution >= 0.6 is 32.7 Å². The van der Waals surface area contributed by atoms with E-state index in [1.54, 1.807) is 17.6 Å². The van der Waals surface area contributed by atoms with Gasteiger partial charge in [0.2, 0.25) is 6.08 Å². The molecule has 3 aromatic heterocycles. The molecule has 0 spiro atoms. The maximum Gasteiger partial charge on any atom is 0.418 e. The van der Waals surface area contributed by atoms with Gasteiger partial charge in [-0.2, -0.15) is 18.2 Å². The molecule has 3 heterocycles. The van der Waals surface area contributed by atoms with E-state index in [4.69, 9.17) is 30.8 Å². The Morgan fingerprint density at radius 2 is 1.11 bits per heavy atom. The van der Waals surface area contributed by atoms with Crippen LogP contribution in [-0.2, 0) is 39.1 Å². The van der Waals surface area contributed by atoms with E-state index in [0.29, 0.717) is 17.1 Å². The standard InChI is InChI=1S/C20H16N4O4S2.C17H10ClF3N2O4S.C7H4ClNO3S/c1-13-3-2-4-16-17(9-10-21-18(13)16)28-20(25)23-14-5-7-15(8-6-14)30(26,27)24-19-22-11-12-29-19;18-28(25,26)11-6-4-10(5-7-11)23-16(24)27-14-8-9-22-15-12(14)2-1-3-13(15)17(19,20)21;8-13(11,12)7-3-1-6(2-4-7)9-5-10/h2-12H,1H3,(H,22,24)(H,23,25);1-9H,(H,23,24);1-4H. The first-order valence-electron chi connectivity index (χ1n) is 19.5. The molecule has 8 aromatic rings. The number of pyridine rings is 2. The number of amides is 2. The third-order valence-corrected chi connectivity index (χ3v) is 14.0. The molecular formula is C44H30Cl2F3N7O11S4. The van der Waals surface area contributed by atoms with Crippen LogP contribution in [0.1, 0.15) is 11.1 Å². The minimum absolute atomic E-state index is 0.0102. The summed E-state index contributed by atoms with van der Waals surface area (Å²) < 4.78 is 121. The number of isocyanates is 1. The van der Waals surface area contributed by atoms with Crippen molar-refractivity contribution in [1.82, 2.24) is 15.0 Å². The molecule has 0 aliphatic carbocycles. The molecule has 0 radical (unpaired) electrons. The van der Waals surface area contributed by atoms with E-state index in [9.17, 15) is 52.8 Å². The second-order valence-electron chi connectivity index (χ2n) is 13.9. The van der Waals surface area contributed by atoms with E-state index in [1.807, 2.05) is 25.1 Å². The summed E-state index contributed by atoms with van der Waals surface area (Å²) in [5, 5.41) is 7.61. The zero-order valence-electron chi connectivity index (χ0n) is 35.7. The lowest BCUT2D eigenvalue weighted by atomic mass is 10.1. The van der Waals surface area contributed by atoms with Crippen LogP contribution in [0.2, 0.25) is 0 Å². The molecule has 0 aliphatic rings. The Balaban J connectivity index is 0.000000187. The number of hydrogen-bond acceptors (Lipinski definition) is 16. The number of ether oxygens (including phenoxy) is 2. The fraction of sp³-hybridized carbons (Fsp3) is 0.0455. The smallest absolute Gasteiger partial charge is 0.409 e. The Bertz CT molecular complexity index is 3630. The first-order valence-corrected chi connectivity index (χ1v) is 26.5. The molecule has 0 bridgehead atoms. The van der Waals surface area contributed by atoms with Crippen LogP contribution in [-0.4, -0.2) is 58.5 Å². The number of sulfonamides is 1. The van der Waals surface area contributed by atoms with Gasteiger partial charge in [0.05, 0.1) is 37.0 Å². The van der Waals surface area contributed by atoms with Crippen molar-refractivity contribution in [2.75, 3.05) is 15.4 Å². The lowest BCUT2D eigenvalue weighted by molar-refractivity contribution is -0.136. The largest absolute Gasteiger partial charge is 0.418 e. The number of halogens is 5. The van der Waals surface area contributed by atoms with Gasteiger partial charge in [-0.3, -0.25) is 25.3 Å². The number of thiazole rings is 1. The molecule has 8 rings (SSSR count). The highest BCUT2D eigenvalue weighted by atomic mass is 35.7. The number of nitrogens with one attached hydrogen (secondary N) is 3. The number of aliphatic imine (C=N–C) groups is 1. The number of aryl methyl sites for hydroxylation is 1. The van der Waals surface area contributed by atoms with E-state index in [-0.39, 0.29) is 42.2 Å². The van der Waals surface area contributed by atoms with Gasteiger partial charge in [-0.15, -0.1) is 11.3 Å². The van der Waals surface area contributed by atoms with Gasteiger partial charge >= 0.3 is 18.4 Å². The number of nitrogens with zero attached hydrogens (tertiary/aromatic N) is 4.